The molecule has 2 saturated heterocycles. The summed E-state index contributed by atoms with van der Waals surface area (Å²) in [6.07, 6.45) is 2.11. The van der Waals surface area contributed by atoms with Gasteiger partial charge in [0.2, 0.25) is 5.91 Å². The molecule has 1 unspecified atom stereocenters. The molecule has 2 fully saturated rings. The van der Waals surface area contributed by atoms with Gasteiger partial charge in [-0.05, 0) is 42.3 Å². The molecule has 2 aliphatic rings. The quantitative estimate of drug-likeness (QED) is 0.625. The Hall–Kier alpha value is -2.44. The fourth-order valence-corrected chi connectivity index (χ4v) is 4.04. The third-order valence-corrected chi connectivity index (χ3v) is 5.68. The summed E-state index contributed by atoms with van der Waals surface area (Å²) in [4.78, 5) is 14.4. The van der Waals surface area contributed by atoms with Gasteiger partial charge in [-0.25, -0.2) is 0 Å². The van der Waals surface area contributed by atoms with Crippen LogP contribution in [0.3, 0.4) is 0 Å². The van der Waals surface area contributed by atoms with E-state index in [2.05, 4.69) is 0 Å². The van der Waals surface area contributed by atoms with Gasteiger partial charge in [0.25, 0.3) is 0 Å². The summed E-state index contributed by atoms with van der Waals surface area (Å²) in [6, 6.07) is 13.1. The van der Waals surface area contributed by atoms with Crippen molar-refractivity contribution in [2.45, 2.75) is 31.5 Å². The van der Waals surface area contributed by atoms with Crippen LogP contribution in [0.4, 0.5) is 0 Å². The summed E-state index contributed by atoms with van der Waals surface area (Å²) in [5.41, 5.74) is 1.07. The number of ether oxygens (including phenoxy) is 4. The number of halogens is 1. The van der Waals surface area contributed by atoms with E-state index in [9.17, 15) is 4.79 Å². The van der Waals surface area contributed by atoms with Gasteiger partial charge in [0.15, 0.2) is 17.8 Å². The highest BCUT2D eigenvalue weighted by molar-refractivity contribution is 6.30. The van der Waals surface area contributed by atoms with Crippen molar-refractivity contribution in [3.63, 3.8) is 0 Å². The minimum atomic E-state index is -0.237. The van der Waals surface area contributed by atoms with Gasteiger partial charge in [-0.3, -0.25) is 4.79 Å². The van der Waals surface area contributed by atoms with Crippen molar-refractivity contribution in [3.05, 3.63) is 53.1 Å². The van der Waals surface area contributed by atoms with E-state index in [1.54, 1.807) is 19.2 Å². The first-order chi connectivity index (χ1) is 14.6. The Balaban J connectivity index is 1.36. The number of likely N-dealkylation sites (tertiary alicyclic amines) is 1. The number of hydrogen-bond acceptors (Lipinski definition) is 5. The molecule has 2 heterocycles. The van der Waals surface area contributed by atoms with E-state index >= 15 is 0 Å². The van der Waals surface area contributed by atoms with Gasteiger partial charge in [-0.15, -0.1) is 0 Å². The zero-order valence-corrected chi connectivity index (χ0v) is 17.8. The normalized spacial score (nSPS) is 21.1. The molecule has 2 aromatic carbocycles. The highest BCUT2D eigenvalue weighted by Crippen LogP contribution is 2.36. The lowest BCUT2D eigenvalue weighted by Gasteiger charge is -2.19. The summed E-state index contributed by atoms with van der Waals surface area (Å²) in [7, 11) is 1.62. The van der Waals surface area contributed by atoms with Crippen molar-refractivity contribution in [1.82, 2.24) is 4.90 Å². The Morgan fingerprint density at radius 2 is 2.10 bits per heavy atom. The van der Waals surface area contributed by atoms with E-state index in [1.807, 2.05) is 35.2 Å². The molecule has 0 spiro atoms. The predicted octanol–water partition coefficient (Wildman–Crippen LogP) is 4.26. The number of carbonyl (C=O) groups is 1. The molecule has 7 heteroatoms. The van der Waals surface area contributed by atoms with Gasteiger partial charge in [0.05, 0.1) is 20.3 Å². The molecule has 160 valence electrons. The molecule has 0 aliphatic carbocycles. The summed E-state index contributed by atoms with van der Waals surface area (Å²) < 4.78 is 22.7. The minimum Gasteiger partial charge on any atom is -0.493 e. The Morgan fingerprint density at radius 3 is 2.87 bits per heavy atom. The number of amides is 1. The van der Waals surface area contributed by atoms with E-state index in [-0.39, 0.29) is 18.1 Å². The standard InChI is InChI=1S/C23H26ClNO5/c1-27-20-8-7-16(12-21(20)30-23-6-3-10-29-23)17-13-22(26)25(15-17)9-11-28-19-5-2-4-18(24)14-19/h2,4-5,7-8,12,14,17,23H,3,6,9-11,13,15H2,1H3/t17-,23?/m1/s1. The molecule has 0 bridgehead atoms. The van der Waals surface area contributed by atoms with Crippen LogP contribution >= 0.6 is 11.6 Å². The van der Waals surface area contributed by atoms with Crippen LogP contribution in [-0.2, 0) is 9.53 Å². The zero-order valence-electron chi connectivity index (χ0n) is 17.0. The van der Waals surface area contributed by atoms with Gasteiger partial charge in [0, 0.05) is 30.3 Å². The summed E-state index contributed by atoms with van der Waals surface area (Å²) in [5.74, 6) is 2.28. The molecule has 0 N–H and O–H groups in total. The second-order valence-electron chi connectivity index (χ2n) is 7.52. The number of methoxy groups -OCH3 is 1. The molecule has 30 heavy (non-hydrogen) atoms. The fraction of sp³-hybridized carbons (Fsp3) is 0.435. The van der Waals surface area contributed by atoms with Crippen LogP contribution in [-0.4, -0.2) is 50.5 Å². The third-order valence-electron chi connectivity index (χ3n) is 5.45. The minimum absolute atomic E-state index is 0.112. The first-order valence-electron chi connectivity index (χ1n) is 10.2. The SMILES string of the molecule is COc1ccc([C@@H]2CC(=O)N(CCOc3cccc(Cl)c3)C2)cc1OC1CCCO1. The fourth-order valence-electron chi connectivity index (χ4n) is 3.86. The summed E-state index contributed by atoms with van der Waals surface area (Å²) in [5, 5.41) is 0.630. The van der Waals surface area contributed by atoms with Crippen molar-refractivity contribution in [3.8, 4) is 17.2 Å². The molecule has 4 rings (SSSR count). The van der Waals surface area contributed by atoms with E-state index < -0.39 is 0 Å². The lowest BCUT2D eigenvalue weighted by Crippen LogP contribution is -2.29. The monoisotopic (exact) mass is 431 g/mol. The Kier molecular flexibility index (Phi) is 6.65. The van der Waals surface area contributed by atoms with Crippen molar-refractivity contribution in [2.24, 2.45) is 0 Å². The van der Waals surface area contributed by atoms with Gasteiger partial charge < -0.3 is 23.8 Å². The first kappa shape index (κ1) is 20.8. The van der Waals surface area contributed by atoms with Crippen molar-refractivity contribution in [1.29, 1.82) is 0 Å². The number of rotatable bonds is 8. The van der Waals surface area contributed by atoms with Crippen molar-refractivity contribution in [2.75, 3.05) is 33.4 Å². The largest absolute Gasteiger partial charge is 0.493 e. The molecular formula is C23H26ClNO5. The molecule has 2 aliphatic heterocycles. The number of hydrogen-bond donors (Lipinski definition) is 0. The maximum atomic E-state index is 12.5. The van der Waals surface area contributed by atoms with Crippen LogP contribution in [0.25, 0.3) is 0 Å². The highest BCUT2D eigenvalue weighted by Gasteiger charge is 2.31. The van der Waals surface area contributed by atoms with Crippen LogP contribution in [0, 0.1) is 0 Å². The lowest BCUT2D eigenvalue weighted by molar-refractivity contribution is -0.128. The van der Waals surface area contributed by atoms with Crippen LogP contribution in [0.15, 0.2) is 42.5 Å². The van der Waals surface area contributed by atoms with E-state index in [0.717, 1.165) is 25.0 Å². The Bertz CT molecular complexity index is 884. The van der Waals surface area contributed by atoms with Crippen molar-refractivity contribution >= 4 is 17.5 Å². The lowest BCUT2D eigenvalue weighted by atomic mass is 9.98. The van der Waals surface area contributed by atoms with Gasteiger partial charge >= 0.3 is 0 Å². The van der Waals surface area contributed by atoms with E-state index in [0.29, 0.717) is 48.4 Å². The molecule has 0 aromatic heterocycles. The van der Waals surface area contributed by atoms with Crippen LogP contribution in [0.5, 0.6) is 17.2 Å². The average molecular weight is 432 g/mol. The van der Waals surface area contributed by atoms with E-state index in [1.165, 1.54) is 0 Å². The second-order valence-corrected chi connectivity index (χ2v) is 7.95. The Morgan fingerprint density at radius 1 is 1.20 bits per heavy atom. The first-order valence-corrected chi connectivity index (χ1v) is 10.6. The molecule has 0 radical (unpaired) electrons. The summed E-state index contributed by atoms with van der Waals surface area (Å²) >= 11 is 5.98. The predicted molar refractivity (Wildman–Crippen MR) is 113 cm³/mol. The molecule has 6 nitrogen and oxygen atoms in total. The Labute approximate surface area is 181 Å². The maximum Gasteiger partial charge on any atom is 0.223 e. The van der Waals surface area contributed by atoms with Crippen LogP contribution in [0.1, 0.15) is 30.7 Å². The number of benzene rings is 2. The average Bonchev–Trinajstić information content (AvgIpc) is 3.38. The molecule has 2 aromatic rings. The molecule has 2 atom stereocenters. The molecule has 0 saturated carbocycles. The van der Waals surface area contributed by atoms with Crippen LogP contribution in [0.2, 0.25) is 5.02 Å². The maximum absolute atomic E-state index is 12.5. The van der Waals surface area contributed by atoms with Gasteiger partial charge in [0.1, 0.15) is 12.4 Å². The summed E-state index contributed by atoms with van der Waals surface area (Å²) in [6.45, 7) is 2.34. The number of carbonyl (C=O) groups excluding carboxylic acids is 1. The second kappa shape index (κ2) is 9.58. The number of nitrogens with zero attached hydrogens (tertiary/aromatic N) is 1. The zero-order chi connectivity index (χ0) is 20.9. The van der Waals surface area contributed by atoms with E-state index in [4.69, 9.17) is 30.5 Å². The molecular weight excluding hydrogens is 406 g/mol. The molecule has 1 amide bonds. The highest BCUT2D eigenvalue weighted by atomic mass is 35.5. The van der Waals surface area contributed by atoms with Crippen molar-refractivity contribution < 1.29 is 23.7 Å². The smallest absolute Gasteiger partial charge is 0.223 e. The van der Waals surface area contributed by atoms with Crippen LogP contribution < -0.4 is 14.2 Å². The topological polar surface area (TPSA) is 57.2 Å². The van der Waals surface area contributed by atoms with Gasteiger partial charge in [-0.1, -0.05) is 23.7 Å². The third kappa shape index (κ3) is 4.99. The van der Waals surface area contributed by atoms with Gasteiger partial charge in [-0.2, -0.15) is 0 Å².